The van der Waals surface area contributed by atoms with E-state index in [1.807, 2.05) is 17.7 Å². The van der Waals surface area contributed by atoms with E-state index in [0.717, 1.165) is 23.5 Å². The van der Waals surface area contributed by atoms with Gasteiger partial charge in [0, 0.05) is 54.9 Å². The first-order valence-corrected chi connectivity index (χ1v) is 13.5. The van der Waals surface area contributed by atoms with Gasteiger partial charge in [0.05, 0.1) is 16.2 Å². The lowest BCUT2D eigenvalue weighted by atomic mass is 9.99. The van der Waals surface area contributed by atoms with Gasteiger partial charge in [-0.1, -0.05) is 17.7 Å². The summed E-state index contributed by atoms with van der Waals surface area (Å²) in [7, 11) is -3.58. The zero-order valence-corrected chi connectivity index (χ0v) is 20.7. The summed E-state index contributed by atoms with van der Waals surface area (Å²) in [6.45, 7) is 4.01. The molecule has 0 unspecified atom stereocenters. The van der Waals surface area contributed by atoms with E-state index in [2.05, 4.69) is 15.3 Å². The van der Waals surface area contributed by atoms with Crippen LogP contribution in [0.25, 0.3) is 0 Å². The Bertz CT molecular complexity index is 1200. The zero-order valence-electron chi connectivity index (χ0n) is 18.3. The van der Waals surface area contributed by atoms with E-state index in [1.165, 1.54) is 21.7 Å². The van der Waals surface area contributed by atoms with Gasteiger partial charge in [-0.3, -0.25) is 4.79 Å². The summed E-state index contributed by atoms with van der Waals surface area (Å²) in [4.78, 5) is 21.2. The summed E-state index contributed by atoms with van der Waals surface area (Å²) < 4.78 is 29.4. The largest absolute Gasteiger partial charge is 0.351 e. The molecule has 1 aliphatic rings. The number of aryl methyl sites for hydroxylation is 2. The van der Waals surface area contributed by atoms with Crippen molar-refractivity contribution in [3.8, 4) is 0 Å². The molecule has 3 aromatic rings. The van der Waals surface area contributed by atoms with E-state index in [0.29, 0.717) is 43.2 Å². The normalized spacial score (nSPS) is 15.6. The second kappa shape index (κ2) is 10.3. The van der Waals surface area contributed by atoms with Crippen LogP contribution in [0, 0.1) is 6.92 Å². The van der Waals surface area contributed by atoms with Crippen LogP contribution in [-0.2, 0) is 16.6 Å². The molecule has 1 N–H and O–H groups in total. The molecule has 0 spiro atoms. The molecular weight excluding hydrogens is 482 g/mol. The maximum absolute atomic E-state index is 13.0. The first kappa shape index (κ1) is 23.9. The van der Waals surface area contributed by atoms with E-state index in [1.54, 1.807) is 30.0 Å². The van der Waals surface area contributed by atoms with Crippen molar-refractivity contribution in [2.75, 3.05) is 19.6 Å². The molecule has 0 atom stereocenters. The van der Waals surface area contributed by atoms with E-state index < -0.39 is 10.0 Å². The molecule has 1 amide bonds. The number of imidazole rings is 1. The molecular formula is C22H26ClN5O3S2. The van der Waals surface area contributed by atoms with Gasteiger partial charge < -0.3 is 9.88 Å². The maximum atomic E-state index is 13.0. The van der Waals surface area contributed by atoms with Gasteiger partial charge in [-0.05, 0) is 43.9 Å². The number of thiazole rings is 1. The summed E-state index contributed by atoms with van der Waals surface area (Å²) in [5, 5.41) is 6.01. The standard InChI is InChI=1S/C22H26ClN5O3S2/c1-16-3-4-18(13-19(16)23)33(30,31)28-10-5-17(6-11-28)22-26-20(14-32-22)21(29)25-7-2-9-27-12-8-24-15-27/h3-4,8,12-15,17H,2,5-7,9-11H2,1H3,(H,25,29). The molecule has 1 saturated heterocycles. The Balaban J connectivity index is 1.29. The predicted octanol–water partition coefficient (Wildman–Crippen LogP) is 3.69. The summed E-state index contributed by atoms with van der Waals surface area (Å²) in [6.07, 6.45) is 7.50. The Labute approximate surface area is 202 Å². The van der Waals surface area contributed by atoms with Crippen LogP contribution in [-0.4, -0.2) is 52.8 Å². The number of nitrogens with one attached hydrogen (secondary N) is 1. The highest BCUT2D eigenvalue weighted by Gasteiger charge is 2.31. The van der Waals surface area contributed by atoms with Crippen molar-refractivity contribution in [2.45, 2.75) is 43.5 Å². The second-order valence-electron chi connectivity index (χ2n) is 8.07. The van der Waals surface area contributed by atoms with Crippen molar-refractivity contribution in [3.05, 3.63) is 63.6 Å². The Hall–Kier alpha value is -2.27. The minimum absolute atomic E-state index is 0.144. The maximum Gasteiger partial charge on any atom is 0.270 e. The molecule has 0 bridgehead atoms. The number of rotatable bonds is 8. The molecule has 2 aromatic heterocycles. The minimum Gasteiger partial charge on any atom is -0.351 e. The average Bonchev–Trinajstić information content (AvgIpc) is 3.51. The number of nitrogens with zero attached hydrogens (tertiary/aromatic N) is 4. The fraction of sp³-hybridized carbons (Fsp3) is 0.409. The predicted molar refractivity (Wildman–Crippen MR) is 128 cm³/mol. The van der Waals surface area contributed by atoms with E-state index in [-0.39, 0.29) is 16.7 Å². The Morgan fingerprint density at radius 2 is 2.09 bits per heavy atom. The number of sulfonamides is 1. The summed E-state index contributed by atoms with van der Waals surface area (Å²) in [6, 6.07) is 4.84. The number of piperidine rings is 1. The number of amides is 1. The summed E-state index contributed by atoms with van der Waals surface area (Å²) in [5.74, 6) is -0.0368. The third-order valence-corrected chi connectivity index (χ3v) is 9.09. The van der Waals surface area contributed by atoms with E-state index in [9.17, 15) is 13.2 Å². The molecule has 0 saturated carbocycles. The van der Waals surface area contributed by atoms with Gasteiger partial charge >= 0.3 is 0 Å². The van der Waals surface area contributed by atoms with Crippen molar-refractivity contribution >= 4 is 38.9 Å². The van der Waals surface area contributed by atoms with Crippen LogP contribution < -0.4 is 5.32 Å². The lowest BCUT2D eigenvalue weighted by molar-refractivity contribution is 0.0948. The smallest absolute Gasteiger partial charge is 0.270 e. The highest BCUT2D eigenvalue weighted by atomic mass is 35.5. The number of hydrogen-bond acceptors (Lipinski definition) is 6. The van der Waals surface area contributed by atoms with Crippen LogP contribution in [0.5, 0.6) is 0 Å². The van der Waals surface area contributed by atoms with Gasteiger partial charge in [0.15, 0.2) is 0 Å². The topological polar surface area (TPSA) is 97.2 Å². The average molecular weight is 508 g/mol. The Morgan fingerprint density at radius 3 is 2.79 bits per heavy atom. The molecule has 0 radical (unpaired) electrons. The molecule has 0 aliphatic carbocycles. The van der Waals surface area contributed by atoms with Crippen LogP contribution in [0.2, 0.25) is 5.02 Å². The molecule has 11 heteroatoms. The molecule has 1 fully saturated rings. The number of carbonyl (C=O) groups is 1. The SMILES string of the molecule is Cc1ccc(S(=O)(=O)N2CCC(c3nc(C(=O)NCCCn4ccnc4)cs3)CC2)cc1Cl. The molecule has 33 heavy (non-hydrogen) atoms. The number of benzene rings is 1. The highest BCUT2D eigenvalue weighted by molar-refractivity contribution is 7.89. The third-order valence-electron chi connectivity index (χ3n) is 5.78. The number of carbonyl (C=O) groups excluding carboxylic acids is 1. The van der Waals surface area contributed by atoms with Crippen LogP contribution >= 0.6 is 22.9 Å². The van der Waals surface area contributed by atoms with Crippen molar-refractivity contribution < 1.29 is 13.2 Å². The Kier molecular flexibility index (Phi) is 7.48. The zero-order chi connectivity index (χ0) is 23.4. The minimum atomic E-state index is -3.58. The molecule has 1 aromatic carbocycles. The van der Waals surface area contributed by atoms with Gasteiger partial charge in [-0.15, -0.1) is 11.3 Å². The van der Waals surface area contributed by atoms with Crippen molar-refractivity contribution in [1.29, 1.82) is 0 Å². The first-order chi connectivity index (χ1) is 15.8. The second-order valence-corrected chi connectivity index (χ2v) is 11.3. The van der Waals surface area contributed by atoms with Gasteiger partial charge in [0.1, 0.15) is 5.69 Å². The van der Waals surface area contributed by atoms with Crippen LogP contribution in [0.3, 0.4) is 0 Å². The first-order valence-electron chi connectivity index (χ1n) is 10.8. The molecule has 4 rings (SSSR count). The molecule has 1 aliphatic heterocycles. The summed E-state index contributed by atoms with van der Waals surface area (Å²) >= 11 is 7.59. The quantitative estimate of drug-likeness (QED) is 0.469. The lowest BCUT2D eigenvalue weighted by Crippen LogP contribution is -2.37. The van der Waals surface area contributed by atoms with Crippen molar-refractivity contribution in [2.24, 2.45) is 0 Å². The Morgan fingerprint density at radius 1 is 1.30 bits per heavy atom. The van der Waals surface area contributed by atoms with E-state index >= 15 is 0 Å². The molecule has 8 nitrogen and oxygen atoms in total. The van der Waals surface area contributed by atoms with Gasteiger partial charge in [-0.25, -0.2) is 18.4 Å². The number of halogens is 1. The number of hydrogen-bond donors (Lipinski definition) is 1. The van der Waals surface area contributed by atoms with E-state index in [4.69, 9.17) is 11.6 Å². The fourth-order valence-electron chi connectivity index (χ4n) is 3.78. The molecule has 176 valence electrons. The van der Waals surface area contributed by atoms with Crippen LogP contribution in [0.1, 0.15) is 46.2 Å². The third kappa shape index (κ3) is 5.63. The van der Waals surface area contributed by atoms with Crippen molar-refractivity contribution in [1.82, 2.24) is 24.2 Å². The highest BCUT2D eigenvalue weighted by Crippen LogP contribution is 2.33. The van der Waals surface area contributed by atoms with Gasteiger partial charge in [0.25, 0.3) is 5.91 Å². The summed E-state index contributed by atoms with van der Waals surface area (Å²) in [5.41, 5.74) is 1.26. The van der Waals surface area contributed by atoms with Gasteiger partial charge in [-0.2, -0.15) is 4.31 Å². The van der Waals surface area contributed by atoms with Crippen LogP contribution in [0.15, 0.2) is 47.2 Å². The number of aromatic nitrogens is 3. The fourth-order valence-corrected chi connectivity index (χ4v) is 6.49. The lowest BCUT2D eigenvalue weighted by Gasteiger charge is -2.30. The van der Waals surface area contributed by atoms with Gasteiger partial charge in [0.2, 0.25) is 10.0 Å². The van der Waals surface area contributed by atoms with Crippen LogP contribution in [0.4, 0.5) is 0 Å². The van der Waals surface area contributed by atoms with Crippen molar-refractivity contribution in [3.63, 3.8) is 0 Å². The molecule has 3 heterocycles. The monoisotopic (exact) mass is 507 g/mol.